The van der Waals surface area contributed by atoms with Crippen LogP contribution in [0.4, 0.5) is 5.69 Å². The number of nitro benzene ring substituents is 1. The number of benzene rings is 1. The predicted octanol–water partition coefficient (Wildman–Crippen LogP) is 1.07. The number of carbonyl (C=O) groups is 1. The van der Waals surface area contributed by atoms with Crippen molar-refractivity contribution in [3.8, 4) is 0 Å². The SMILES string of the molecule is CC(=O)C=C(C)NC(CO)C(O)c1ccc([N+](=O)[O-])cc1. The molecule has 0 amide bonds. The van der Waals surface area contributed by atoms with Gasteiger partial charge in [-0.25, -0.2) is 0 Å². The van der Waals surface area contributed by atoms with Crippen LogP contribution in [-0.4, -0.2) is 33.6 Å². The van der Waals surface area contributed by atoms with Crippen molar-refractivity contribution in [2.24, 2.45) is 0 Å². The van der Waals surface area contributed by atoms with Crippen LogP contribution < -0.4 is 5.32 Å². The van der Waals surface area contributed by atoms with E-state index in [0.717, 1.165) is 0 Å². The molecule has 0 aliphatic heterocycles. The lowest BCUT2D eigenvalue weighted by atomic mass is 10.0. The van der Waals surface area contributed by atoms with Crippen molar-refractivity contribution in [3.05, 3.63) is 51.7 Å². The molecule has 1 aromatic rings. The minimum Gasteiger partial charge on any atom is -0.394 e. The molecule has 7 nitrogen and oxygen atoms in total. The van der Waals surface area contributed by atoms with Gasteiger partial charge in [0.2, 0.25) is 0 Å². The number of allylic oxidation sites excluding steroid dienone is 2. The zero-order chi connectivity index (χ0) is 16.0. The maximum absolute atomic E-state index is 11.0. The van der Waals surface area contributed by atoms with Gasteiger partial charge in [0, 0.05) is 17.8 Å². The number of aliphatic hydroxyl groups excluding tert-OH is 2. The lowest BCUT2D eigenvalue weighted by Crippen LogP contribution is -2.37. The van der Waals surface area contributed by atoms with Gasteiger partial charge in [0.25, 0.3) is 5.69 Å². The minimum absolute atomic E-state index is 0.0767. The van der Waals surface area contributed by atoms with E-state index in [4.69, 9.17) is 0 Å². The van der Waals surface area contributed by atoms with Crippen LogP contribution >= 0.6 is 0 Å². The first-order valence-electron chi connectivity index (χ1n) is 6.33. The Morgan fingerprint density at radius 1 is 1.38 bits per heavy atom. The van der Waals surface area contributed by atoms with Gasteiger partial charge in [-0.05, 0) is 37.6 Å². The van der Waals surface area contributed by atoms with Crippen molar-refractivity contribution in [1.29, 1.82) is 0 Å². The van der Waals surface area contributed by atoms with Crippen LogP contribution in [-0.2, 0) is 4.79 Å². The summed E-state index contributed by atoms with van der Waals surface area (Å²) in [6, 6.07) is 4.70. The van der Waals surface area contributed by atoms with E-state index >= 15 is 0 Å². The van der Waals surface area contributed by atoms with Gasteiger partial charge in [-0.2, -0.15) is 0 Å². The van der Waals surface area contributed by atoms with Gasteiger partial charge < -0.3 is 15.5 Å². The highest BCUT2D eigenvalue weighted by Crippen LogP contribution is 2.20. The largest absolute Gasteiger partial charge is 0.394 e. The summed E-state index contributed by atoms with van der Waals surface area (Å²) in [6.07, 6.45) is 0.289. The van der Waals surface area contributed by atoms with Gasteiger partial charge in [0.15, 0.2) is 5.78 Å². The Kier molecular flexibility index (Phi) is 6.01. The third-order valence-corrected chi connectivity index (χ3v) is 2.86. The molecule has 0 radical (unpaired) electrons. The van der Waals surface area contributed by atoms with Gasteiger partial charge in [-0.15, -0.1) is 0 Å². The number of carbonyl (C=O) groups excluding carboxylic acids is 1. The maximum atomic E-state index is 11.0. The molecule has 0 bridgehead atoms. The fraction of sp³-hybridized carbons (Fsp3) is 0.357. The Hall–Kier alpha value is -2.25. The van der Waals surface area contributed by atoms with Crippen LogP contribution in [0.2, 0.25) is 0 Å². The fourth-order valence-electron chi connectivity index (χ4n) is 1.89. The van der Waals surface area contributed by atoms with E-state index in [-0.39, 0.29) is 18.1 Å². The number of hydrogen-bond donors (Lipinski definition) is 3. The van der Waals surface area contributed by atoms with Crippen molar-refractivity contribution in [1.82, 2.24) is 5.32 Å². The first kappa shape index (κ1) is 16.8. The predicted molar refractivity (Wildman–Crippen MR) is 76.5 cm³/mol. The quantitative estimate of drug-likeness (QED) is 0.394. The van der Waals surface area contributed by atoms with E-state index in [1.165, 1.54) is 37.3 Å². The highest BCUT2D eigenvalue weighted by Gasteiger charge is 2.21. The van der Waals surface area contributed by atoms with Gasteiger partial charge in [0.1, 0.15) is 6.10 Å². The molecule has 3 N–H and O–H groups in total. The van der Waals surface area contributed by atoms with Gasteiger partial charge in [0.05, 0.1) is 17.6 Å². The average molecular weight is 294 g/mol. The number of nitrogens with one attached hydrogen (secondary N) is 1. The van der Waals surface area contributed by atoms with Crippen molar-refractivity contribution >= 4 is 11.5 Å². The average Bonchev–Trinajstić information content (AvgIpc) is 2.43. The zero-order valence-corrected chi connectivity index (χ0v) is 11.8. The molecule has 2 unspecified atom stereocenters. The summed E-state index contributed by atoms with van der Waals surface area (Å²) < 4.78 is 0. The van der Waals surface area contributed by atoms with Gasteiger partial charge in [-0.3, -0.25) is 14.9 Å². The first-order valence-corrected chi connectivity index (χ1v) is 6.33. The van der Waals surface area contributed by atoms with Crippen molar-refractivity contribution in [3.63, 3.8) is 0 Å². The number of rotatable bonds is 7. The summed E-state index contributed by atoms with van der Waals surface area (Å²) in [5.74, 6) is -0.151. The Bertz CT molecular complexity index is 539. The van der Waals surface area contributed by atoms with E-state index < -0.39 is 17.1 Å². The van der Waals surface area contributed by atoms with Gasteiger partial charge in [-0.1, -0.05) is 0 Å². The molecule has 0 aliphatic rings. The topological polar surface area (TPSA) is 113 Å². The highest BCUT2D eigenvalue weighted by atomic mass is 16.6. The molecule has 7 heteroatoms. The lowest BCUT2D eigenvalue weighted by Gasteiger charge is -2.23. The number of nitrogens with zero attached hydrogens (tertiary/aromatic N) is 1. The van der Waals surface area contributed by atoms with Crippen LogP contribution in [0.1, 0.15) is 25.5 Å². The molecule has 0 heterocycles. The number of aliphatic hydroxyl groups is 2. The van der Waals surface area contributed by atoms with Crippen LogP contribution in [0, 0.1) is 10.1 Å². The van der Waals surface area contributed by atoms with E-state index in [2.05, 4.69) is 5.32 Å². The van der Waals surface area contributed by atoms with E-state index in [0.29, 0.717) is 11.3 Å². The normalized spacial score (nSPS) is 14.4. The second-order valence-corrected chi connectivity index (χ2v) is 4.66. The Morgan fingerprint density at radius 3 is 2.38 bits per heavy atom. The Morgan fingerprint density at radius 2 is 1.95 bits per heavy atom. The van der Waals surface area contributed by atoms with Crippen LogP contribution in [0.15, 0.2) is 36.0 Å². The smallest absolute Gasteiger partial charge is 0.269 e. The third-order valence-electron chi connectivity index (χ3n) is 2.86. The molecule has 114 valence electrons. The molecule has 0 aromatic heterocycles. The molecular weight excluding hydrogens is 276 g/mol. The molecule has 0 saturated heterocycles. The third kappa shape index (κ3) is 4.97. The van der Waals surface area contributed by atoms with Crippen molar-refractivity contribution in [2.45, 2.75) is 26.0 Å². The fourth-order valence-corrected chi connectivity index (χ4v) is 1.89. The summed E-state index contributed by atoms with van der Waals surface area (Å²) in [6.45, 7) is 2.68. The molecule has 0 saturated carbocycles. The number of nitro groups is 1. The van der Waals surface area contributed by atoms with E-state index in [9.17, 15) is 25.1 Å². The molecule has 1 rings (SSSR count). The standard InChI is InChI=1S/C14H18N2O5/c1-9(7-10(2)18)15-13(8-17)14(19)11-3-5-12(6-4-11)16(20)21/h3-7,13-15,17,19H,8H2,1-2H3. The van der Waals surface area contributed by atoms with Crippen LogP contribution in [0.5, 0.6) is 0 Å². The van der Waals surface area contributed by atoms with Crippen LogP contribution in [0.25, 0.3) is 0 Å². The molecular formula is C14H18N2O5. The highest BCUT2D eigenvalue weighted by molar-refractivity contribution is 5.87. The molecule has 0 aliphatic carbocycles. The van der Waals surface area contributed by atoms with E-state index in [1.54, 1.807) is 6.92 Å². The van der Waals surface area contributed by atoms with Crippen LogP contribution in [0.3, 0.4) is 0 Å². The second-order valence-electron chi connectivity index (χ2n) is 4.66. The molecule has 0 fully saturated rings. The molecule has 0 spiro atoms. The first-order chi connectivity index (χ1) is 9.85. The number of non-ortho nitro benzene ring substituents is 1. The molecule has 21 heavy (non-hydrogen) atoms. The zero-order valence-electron chi connectivity index (χ0n) is 11.8. The Balaban J connectivity index is 2.85. The van der Waals surface area contributed by atoms with Crippen molar-refractivity contribution in [2.75, 3.05) is 6.61 Å². The molecule has 2 atom stereocenters. The lowest BCUT2D eigenvalue weighted by molar-refractivity contribution is -0.384. The molecule has 1 aromatic carbocycles. The second kappa shape index (κ2) is 7.51. The maximum Gasteiger partial charge on any atom is 0.269 e. The van der Waals surface area contributed by atoms with E-state index in [1.807, 2.05) is 0 Å². The van der Waals surface area contributed by atoms with Crippen molar-refractivity contribution < 1.29 is 19.9 Å². The monoisotopic (exact) mass is 294 g/mol. The van der Waals surface area contributed by atoms with Gasteiger partial charge >= 0.3 is 0 Å². The Labute approximate surface area is 122 Å². The number of hydrogen-bond acceptors (Lipinski definition) is 6. The summed E-state index contributed by atoms with van der Waals surface area (Å²) >= 11 is 0. The summed E-state index contributed by atoms with van der Waals surface area (Å²) in [5, 5.41) is 32.9. The summed E-state index contributed by atoms with van der Waals surface area (Å²) in [7, 11) is 0. The number of ketones is 1. The summed E-state index contributed by atoms with van der Waals surface area (Å²) in [5.41, 5.74) is 0.873. The minimum atomic E-state index is -1.06. The summed E-state index contributed by atoms with van der Waals surface area (Å²) in [4.78, 5) is 21.0.